The molecule has 2 atom stereocenters. The monoisotopic (exact) mass is 260 g/mol. The minimum atomic E-state index is 0.0754. The van der Waals surface area contributed by atoms with Gasteiger partial charge in [0.2, 0.25) is 5.91 Å². The van der Waals surface area contributed by atoms with Crippen LogP contribution in [0, 0.1) is 0 Å². The SMILES string of the molecule is CCNC(C)CC(=O)N(CCOC)C(C)COC. The first-order valence-corrected chi connectivity index (χ1v) is 6.57. The normalized spacial score (nSPS) is 14.3. The van der Waals surface area contributed by atoms with Gasteiger partial charge in [-0.2, -0.15) is 0 Å². The van der Waals surface area contributed by atoms with Gasteiger partial charge in [-0.25, -0.2) is 0 Å². The van der Waals surface area contributed by atoms with Crippen LogP contribution >= 0.6 is 0 Å². The average Bonchev–Trinajstić information content (AvgIpc) is 2.30. The minimum absolute atomic E-state index is 0.0754. The van der Waals surface area contributed by atoms with Gasteiger partial charge in [0, 0.05) is 33.2 Å². The standard InChI is InChI=1S/C13H28N2O3/c1-6-14-11(2)9-13(16)15(7-8-17-4)12(3)10-18-5/h11-12,14H,6-10H2,1-5H3. The molecule has 0 saturated carbocycles. The van der Waals surface area contributed by atoms with Crippen molar-refractivity contribution in [3.8, 4) is 0 Å². The van der Waals surface area contributed by atoms with Gasteiger partial charge in [-0.15, -0.1) is 0 Å². The fourth-order valence-electron chi connectivity index (χ4n) is 1.91. The number of amides is 1. The van der Waals surface area contributed by atoms with Crippen molar-refractivity contribution in [3.63, 3.8) is 0 Å². The zero-order valence-electron chi connectivity index (χ0n) is 12.4. The maximum absolute atomic E-state index is 12.2. The highest BCUT2D eigenvalue weighted by molar-refractivity contribution is 5.77. The highest BCUT2D eigenvalue weighted by atomic mass is 16.5. The summed E-state index contributed by atoms with van der Waals surface area (Å²) in [5, 5.41) is 3.25. The van der Waals surface area contributed by atoms with Crippen molar-refractivity contribution in [2.45, 2.75) is 39.3 Å². The molecule has 5 nitrogen and oxygen atoms in total. The van der Waals surface area contributed by atoms with Crippen LogP contribution in [0.25, 0.3) is 0 Å². The molecule has 0 rings (SSSR count). The second kappa shape index (κ2) is 10.3. The van der Waals surface area contributed by atoms with Crippen LogP contribution in [0.2, 0.25) is 0 Å². The van der Waals surface area contributed by atoms with Crippen LogP contribution in [-0.2, 0) is 14.3 Å². The van der Waals surface area contributed by atoms with Crippen molar-refractivity contribution >= 4 is 5.91 Å². The van der Waals surface area contributed by atoms with Crippen LogP contribution < -0.4 is 5.32 Å². The third kappa shape index (κ3) is 6.93. The molecule has 0 saturated heterocycles. The minimum Gasteiger partial charge on any atom is -0.383 e. The van der Waals surface area contributed by atoms with E-state index in [4.69, 9.17) is 9.47 Å². The molecular formula is C13H28N2O3. The smallest absolute Gasteiger partial charge is 0.224 e. The van der Waals surface area contributed by atoms with Crippen molar-refractivity contribution in [1.82, 2.24) is 10.2 Å². The lowest BCUT2D eigenvalue weighted by molar-refractivity contribution is -0.135. The van der Waals surface area contributed by atoms with Gasteiger partial charge in [0.05, 0.1) is 19.3 Å². The Morgan fingerprint density at radius 1 is 1.28 bits per heavy atom. The molecular weight excluding hydrogens is 232 g/mol. The largest absolute Gasteiger partial charge is 0.383 e. The van der Waals surface area contributed by atoms with Crippen molar-refractivity contribution in [1.29, 1.82) is 0 Å². The molecule has 2 unspecified atom stereocenters. The Morgan fingerprint density at radius 3 is 2.44 bits per heavy atom. The Morgan fingerprint density at radius 2 is 1.94 bits per heavy atom. The molecule has 0 bridgehead atoms. The van der Waals surface area contributed by atoms with Crippen molar-refractivity contribution < 1.29 is 14.3 Å². The van der Waals surface area contributed by atoms with E-state index in [1.807, 2.05) is 25.7 Å². The topological polar surface area (TPSA) is 50.8 Å². The van der Waals surface area contributed by atoms with Crippen LogP contribution in [0.15, 0.2) is 0 Å². The summed E-state index contributed by atoms with van der Waals surface area (Å²) in [7, 11) is 3.29. The summed E-state index contributed by atoms with van der Waals surface area (Å²) in [4.78, 5) is 14.1. The lowest BCUT2D eigenvalue weighted by atomic mass is 10.2. The lowest BCUT2D eigenvalue weighted by Gasteiger charge is -2.29. The number of nitrogens with one attached hydrogen (secondary N) is 1. The fourth-order valence-corrected chi connectivity index (χ4v) is 1.91. The van der Waals surface area contributed by atoms with Crippen molar-refractivity contribution in [2.75, 3.05) is 40.5 Å². The number of rotatable bonds is 10. The van der Waals surface area contributed by atoms with E-state index in [-0.39, 0.29) is 18.0 Å². The Bertz CT molecular complexity index is 224. The molecule has 0 aromatic rings. The fraction of sp³-hybridized carbons (Fsp3) is 0.923. The van der Waals surface area contributed by atoms with Crippen molar-refractivity contribution in [3.05, 3.63) is 0 Å². The van der Waals surface area contributed by atoms with E-state index in [0.29, 0.717) is 26.2 Å². The molecule has 0 radical (unpaired) electrons. The number of hydrogen-bond acceptors (Lipinski definition) is 4. The number of carbonyl (C=O) groups excluding carboxylic acids is 1. The first-order chi connectivity index (χ1) is 8.56. The van der Waals surface area contributed by atoms with Crippen LogP contribution in [0.4, 0.5) is 0 Å². The number of nitrogens with zero attached hydrogens (tertiary/aromatic N) is 1. The Hall–Kier alpha value is -0.650. The molecule has 0 aliphatic carbocycles. The maximum Gasteiger partial charge on any atom is 0.224 e. The Balaban J connectivity index is 4.38. The molecule has 1 N–H and O–H groups in total. The molecule has 0 aromatic carbocycles. The van der Waals surface area contributed by atoms with Crippen molar-refractivity contribution in [2.24, 2.45) is 0 Å². The predicted molar refractivity (Wildman–Crippen MR) is 72.7 cm³/mol. The van der Waals surface area contributed by atoms with Gasteiger partial charge in [0.25, 0.3) is 0 Å². The third-order valence-electron chi connectivity index (χ3n) is 2.83. The summed E-state index contributed by atoms with van der Waals surface area (Å²) in [5.74, 6) is 0.144. The second-order valence-corrected chi connectivity index (χ2v) is 4.55. The summed E-state index contributed by atoms with van der Waals surface area (Å²) in [5.41, 5.74) is 0. The molecule has 0 fully saturated rings. The van der Waals surface area contributed by atoms with Crippen LogP contribution in [0.3, 0.4) is 0 Å². The van der Waals surface area contributed by atoms with Gasteiger partial charge < -0.3 is 19.7 Å². The number of ether oxygens (including phenoxy) is 2. The number of hydrogen-bond donors (Lipinski definition) is 1. The van der Waals surface area contributed by atoms with Crippen LogP contribution in [0.1, 0.15) is 27.2 Å². The van der Waals surface area contributed by atoms with E-state index < -0.39 is 0 Å². The molecule has 0 aliphatic heterocycles. The quantitative estimate of drug-likeness (QED) is 0.633. The van der Waals surface area contributed by atoms with Gasteiger partial charge in [-0.1, -0.05) is 6.92 Å². The summed E-state index contributed by atoms with van der Waals surface area (Å²) in [6, 6.07) is 0.272. The lowest BCUT2D eigenvalue weighted by Crippen LogP contribution is -2.45. The summed E-state index contributed by atoms with van der Waals surface area (Å²) in [6.07, 6.45) is 0.506. The Labute approximate surface area is 111 Å². The van der Waals surface area contributed by atoms with Gasteiger partial charge >= 0.3 is 0 Å². The first kappa shape index (κ1) is 17.4. The van der Waals surface area contributed by atoms with E-state index in [9.17, 15) is 4.79 Å². The molecule has 5 heteroatoms. The first-order valence-electron chi connectivity index (χ1n) is 6.57. The molecule has 0 aliphatic rings. The van der Waals surface area contributed by atoms with Gasteiger partial charge in [0.1, 0.15) is 0 Å². The summed E-state index contributed by atoms with van der Waals surface area (Å²) >= 11 is 0. The Kier molecular flexibility index (Phi) is 9.92. The third-order valence-corrected chi connectivity index (χ3v) is 2.83. The van der Waals surface area contributed by atoms with Gasteiger partial charge in [-0.3, -0.25) is 4.79 Å². The predicted octanol–water partition coefficient (Wildman–Crippen LogP) is 0.884. The molecule has 0 spiro atoms. The molecule has 18 heavy (non-hydrogen) atoms. The molecule has 0 heterocycles. The van der Waals surface area contributed by atoms with Crippen LogP contribution in [0.5, 0.6) is 0 Å². The highest BCUT2D eigenvalue weighted by Crippen LogP contribution is 2.05. The molecule has 1 amide bonds. The van der Waals surface area contributed by atoms with Crippen LogP contribution in [-0.4, -0.2) is 63.4 Å². The highest BCUT2D eigenvalue weighted by Gasteiger charge is 2.21. The zero-order chi connectivity index (χ0) is 14.0. The summed E-state index contributed by atoms with van der Waals surface area (Å²) in [6.45, 7) is 8.64. The average molecular weight is 260 g/mol. The van der Waals surface area contributed by atoms with Gasteiger partial charge in [0.15, 0.2) is 0 Å². The summed E-state index contributed by atoms with van der Waals surface area (Å²) < 4.78 is 10.2. The maximum atomic E-state index is 12.2. The van der Waals surface area contributed by atoms with E-state index >= 15 is 0 Å². The number of carbonyl (C=O) groups is 1. The second-order valence-electron chi connectivity index (χ2n) is 4.55. The van der Waals surface area contributed by atoms with E-state index in [1.165, 1.54) is 0 Å². The molecule has 0 aromatic heterocycles. The van der Waals surface area contributed by atoms with E-state index in [2.05, 4.69) is 5.32 Å². The number of methoxy groups -OCH3 is 2. The zero-order valence-corrected chi connectivity index (χ0v) is 12.4. The van der Waals surface area contributed by atoms with E-state index in [0.717, 1.165) is 6.54 Å². The molecule has 108 valence electrons. The van der Waals surface area contributed by atoms with E-state index in [1.54, 1.807) is 14.2 Å². The van der Waals surface area contributed by atoms with Gasteiger partial charge in [-0.05, 0) is 20.4 Å².